The van der Waals surface area contributed by atoms with Crippen molar-refractivity contribution in [2.75, 3.05) is 41.2 Å². The Kier molecular flexibility index (Phi) is 7.58. The van der Waals surface area contributed by atoms with Crippen molar-refractivity contribution in [1.29, 1.82) is 0 Å². The van der Waals surface area contributed by atoms with E-state index in [4.69, 9.17) is 18.9 Å². The Labute approximate surface area is 127 Å². The van der Waals surface area contributed by atoms with E-state index in [0.29, 0.717) is 47.8 Å². The van der Waals surface area contributed by atoms with Gasteiger partial charge in [0.1, 0.15) is 16.0 Å². The number of halogens is 1. The van der Waals surface area contributed by atoms with Gasteiger partial charge in [0.05, 0.1) is 39.6 Å². The smallest absolute Gasteiger partial charge is 0.168 e. The third kappa shape index (κ3) is 4.47. The predicted molar refractivity (Wildman–Crippen MR) is 78.9 cm³/mol. The number of hydrogen-bond donors (Lipinski definition) is 0. The number of methoxy groups -OCH3 is 3. The number of carbonyl (C=O) groups excluding carboxylic acids is 1. The Hall–Kier alpha value is -1.11. The summed E-state index contributed by atoms with van der Waals surface area (Å²) in [4.78, 5) is 12.2. The highest BCUT2D eigenvalue weighted by Crippen LogP contribution is 2.37. The Bertz CT molecular complexity index is 447. The van der Waals surface area contributed by atoms with Crippen molar-refractivity contribution in [3.8, 4) is 11.5 Å². The summed E-state index contributed by atoms with van der Waals surface area (Å²) in [6, 6.07) is 3.42. The quantitative estimate of drug-likeness (QED) is 0.508. The summed E-state index contributed by atoms with van der Waals surface area (Å²) in [5, 5.41) is 0. The van der Waals surface area contributed by atoms with Crippen LogP contribution in [0.1, 0.15) is 16.8 Å². The largest absolute Gasteiger partial charge is 0.495 e. The zero-order chi connectivity index (χ0) is 15.0. The molecule has 1 rings (SSSR count). The summed E-state index contributed by atoms with van der Waals surface area (Å²) >= 11 is 3.37. The molecule has 6 heteroatoms. The molecular weight excluding hydrogens is 328 g/mol. The SMILES string of the molecule is COCCOCCC(=O)c1ccc(OC)c(Br)c1OC. The topological polar surface area (TPSA) is 54.0 Å². The fourth-order valence-electron chi connectivity index (χ4n) is 1.66. The van der Waals surface area contributed by atoms with Crippen LogP contribution in [-0.4, -0.2) is 46.9 Å². The van der Waals surface area contributed by atoms with Gasteiger partial charge in [-0.15, -0.1) is 0 Å². The average Bonchev–Trinajstić information content (AvgIpc) is 2.46. The van der Waals surface area contributed by atoms with E-state index in [1.165, 1.54) is 7.11 Å². The first kappa shape index (κ1) is 16.9. The highest BCUT2D eigenvalue weighted by molar-refractivity contribution is 9.10. The van der Waals surface area contributed by atoms with Gasteiger partial charge in [-0.25, -0.2) is 0 Å². The Balaban J connectivity index is 2.70. The monoisotopic (exact) mass is 346 g/mol. The van der Waals surface area contributed by atoms with Crippen molar-refractivity contribution in [3.05, 3.63) is 22.2 Å². The van der Waals surface area contributed by atoms with Gasteiger partial charge >= 0.3 is 0 Å². The van der Waals surface area contributed by atoms with Crippen molar-refractivity contribution in [1.82, 2.24) is 0 Å². The van der Waals surface area contributed by atoms with E-state index in [0.717, 1.165) is 0 Å². The highest BCUT2D eigenvalue weighted by Gasteiger charge is 2.17. The molecule has 0 amide bonds. The van der Waals surface area contributed by atoms with E-state index in [2.05, 4.69) is 15.9 Å². The molecule has 0 unspecified atom stereocenters. The van der Waals surface area contributed by atoms with Crippen LogP contribution in [0.25, 0.3) is 0 Å². The standard InChI is InChI=1S/C14H19BrO5/c1-17-8-9-20-7-6-11(16)10-4-5-12(18-2)13(15)14(10)19-3/h4-5H,6-9H2,1-3H3. The molecule has 0 aliphatic carbocycles. The normalized spacial score (nSPS) is 10.4. The van der Waals surface area contributed by atoms with Crippen LogP contribution in [0, 0.1) is 0 Å². The van der Waals surface area contributed by atoms with E-state index in [-0.39, 0.29) is 5.78 Å². The first-order chi connectivity index (χ1) is 9.65. The molecule has 0 saturated heterocycles. The lowest BCUT2D eigenvalue weighted by molar-refractivity contribution is 0.0640. The molecule has 0 fully saturated rings. The summed E-state index contributed by atoms with van der Waals surface area (Å²) < 4.78 is 21.2. The van der Waals surface area contributed by atoms with Crippen LogP contribution >= 0.6 is 15.9 Å². The molecule has 0 bridgehead atoms. The third-order valence-electron chi connectivity index (χ3n) is 2.69. The van der Waals surface area contributed by atoms with Gasteiger partial charge in [-0.05, 0) is 28.1 Å². The van der Waals surface area contributed by atoms with Crippen LogP contribution in [0.2, 0.25) is 0 Å². The molecule has 0 radical (unpaired) electrons. The zero-order valence-electron chi connectivity index (χ0n) is 11.9. The third-order valence-corrected chi connectivity index (χ3v) is 3.44. The average molecular weight is 347 g/mol. The fraction of sp³-hybridized carbons (Fsp3) is 0.500. The summed E-state index contributed by atoms with van der Waals surface area (Å²) in [5.41, 5.74) is 0.510. The van der Waals surface area contributed by atoms with Crippen LogP contribution < -0.4 is 9.47 Å². The highest BCUT2D eigenvalue weighted by atomic mass is 79.9. The van der Waals surface area contributed by atoms with E-state index < -0.39 is 0 Å². The van der Waals surface area contributed by atoms with Crippen LogP contribution in [-0.2, 0) is 9.47 Å². The maximum Gasteiger partial charge on any atom is 0.168 e. The van der Waals surface area contributed by atoms with Gasteiger partial charge < -0.3 is 18.9 Å². The van der Waals surface area contributed by atoms with Crippen molar-refractivity contribution in [2.45, 2.75) is 6.42 Å². The van der Waals surface area contributed by atoms with Crippen LogP contribution in [0.15, 0.2) is 16.6 Å². The lowest BCUT2D eigenvalue weighted by atomic mass is 10.1. The Morgan fingerprint density at radius 2 is 1.85 bits per heavy atom. The number of carbonyl (C=O) groups is 1. The molecule has 0 aromatic heterocycles. The molecule has 1 aromatic rings. The first-order valence-electron chi connectivity index (χ1n) is 6.16. The molecule has 0 atom stereocenters. The fourth-order valence-corrected chi connectivity index (χ4v) is 2.33. The van der Waals surface area contributed by atoms with Crippen molar-refractivity contribution in [2.24, 2.45) is 0 Å². The minimum Gasteiger partial charge on any atom is -0.495 e. The van der Waals surface area contributed by atoms with Crippen molar-refractivity contribution in [3.63, 3.8) is 0 Å². The maximum absolute atomic E-state index is 12.2. The van der Waals surface area contributed by atoms with Crippen molar-refractivity contribution >= 4 is 21.7 Å². The van der Waals surface area contributed by atoms with Gasteiger partial charge in [0.15, 0.2) is 5.78 Å². The van der Waals surface area contributed by atoms with Gasteiger partial charge in [-0.1, -0.05) is 0 Å². The summed E-state index contributed by atoms with van der Waals surface area (Å²) in [5.74, 6) is 1.06. The minimum atomic E-state index is -0.0392. The van der Waals surface area contributed by atoms with E-state index in [1.54, 1.807) is 26.4 Å². The summed E-state index contributed by atoms with van der Waals surface area (Å²) in [7, 11) is 4.68. The summed E-state index contributed by atoms with van der Waals surface area (Å²) in [6.07, 6.45) is 0.291. The zero-order valence-corrected chi connectivity index (χ0v) is 13.5. The van der Waals surface area contributed by atoms with Gasteiger partial charge in [-0.2, -0.15) is 0 Å². The molecule has 0 aliphatic heterocycles. The van der Waals surface area contributed by atoms with Crippen molar-refractivity contribution < 1.29 is 23.7 Å². The minimum absolute atomic E-state index is 0.0392. The van der Waals surface area contributed by atoms with Crippen LogP contribution in [0.5, 0.6) is 11.5 Å². The predicted octanol–water partition coefficient (Wildman–Crippen LogP) is 2.70. The van der Waals surface area contributed by atoms with Gasteiger partial charge in [0.2, 0.25) is 0 Å². The van der Waals surface area contributed by atoms with Gasteiger partial charge in [-0.3, -0.25) is 4.79 Å². The maximum atomic E-state index is 12.2. The second kappa shape index (κ2) is 8.94. The number of rotatable bonds is 9. The molecule has 0 spiro atoms. The number of hydrogen-bond acceptors (Lipinski definition) is 5. The Morgan fingerprint density at radius 1 is 1.10 bits per heavy atom. The number of ketones is 1. The molecule has 0 saturated carbocycles. The molecule has 0 heterocycles. The Morgan fingerprint density at radius 3 is 2.45 bits per heavy atom. The summed E-state index contributed by atoms with van der Waals surface area (Å²) in [6.45, 7) is 1.35. The van der Waals surface area contributed by atoms with E-state index in [9.17, 15) is 4.79 Å². The van der Waals surface area contributed by atoms with E-state index >= 15 is 0 Å². The van der Waals surface area contributed by atoms with Crippen LogP contribution in [0.3, 0.4) is 0 Å². The lowest BCUT2D eigenvalue weighted by Gasteiger charge is -2.12. The molecule has 5 nitrogen and oxygen atoms in total. The van der Waals surface area contributed by atoms with E-state index in [1.807, 2.05) is 0 Å². The number of Topliss-reactive ketones (excluding diaryl/α,β-unsaturated/α-hetero) is 1. The second-order valence-corrected chi connectivity index (χ2v) is 4.73. The molecule has 0 aliphatic rings. The second-order valence-electron chi connectivity index (χ2n) is 3.94. The number of ether oxygens (including phenoxy) is 4. The molecular formula is C14H19BrO5. The molecule has 0 N–H and O–H groups in total. The van der Waals surface area contributed by atoms with Gasteiger partial charge in [0.25, 0.3) is 0 Å². The molecule has 1 aromatic carbocycles. The van der Waals surface area contributed by atoms with Gasteiger partial charge in [0, 0.05) is 13.5 Å². The lowest BCUT2D eigenvalue weighted by Crippen LogP contribution is -2.09. The molecule has 20 heavy (non-hydrogen) atoms. The first-order valence-corrected chi connectivity index (χ1v) is 6.95. The number of benzene rings is 1. The molecule has 112 valence electrons. The van der Waals surface area contributed by atoms with Crippen LogP contribution in [0.4, 0.5) is 0 Å².